The van der Waals surface area contributed by atoms with E-state index in [-0.39, 0.29) is 11.3 Å². The SMILES string of the molecule is O=C(NCC1(CCCl)CC1)c1ccc(Cl)cc1Br. The molecule has 0 aliphatic heterocycles. The lowest BCUT2D eigenvalue weighted by Gasteiger charge is -2.14. The van der Waals surface area contributed by atoms with Gasteiger partial charge in [0.15, 0.2) is 0 Å². The van der Waals surface area contributed by atoms with Crippen LogP contribution in [0.5, 0.6) is 0 Å². The van der Waals surface area contributed by atoms with Gasteiger partial charge in [-0.05, 0) is 58.8 Å². The van der Waals surface area contributed by atoms with Crippen LogP contribution in [0.1, 0.15) is 29.6 Å². The van der Waals surface area contributed by atoms with Crippen LogP contribution in [-0.2, 0) is 0 Å². The summed E-state index contributed by atoms with van der Waals surface area (Å²) in [5.74, 6) is 0.583. The van der Waals surface area contributed by atoms with Gasteiger partial charge < -0.3 is 5.32 Å². The summed E-state index contributed by atoms with van der Waals surface area (Å²) in [6.45, 7) is 0.702. The van der Waals surface area contributed by atoms with Crippen molar-refractivity contribution in [2.24, 2.45) is 5.41 Å². The highest BCUT2D eigenvalue weighted by molar-refractivity contribution is 9.10. The van der Waals surface area contributed by atoms with Gasteiger partial charge in [0, 0.05) is 21.9 Å². The van der Waals surface area contributed by atoms with Crippen LogP contribution in [0.2, 0.25) is 5.02 Å². The summed E-state index contributed by atoms with van der Waals surface area (Å²) in [5, 5.41) is 3.59. The smallest absolute Gasteiger partial charge is 0.252 e. The summed E-state index contributed by atoms with van der Waals surface area (Å²) in [4.78, 5) is 12.0. The maximum absolute atomic E-state index is 12.0. The van der Waals surface area contributed by atoms with Gasteiger partial charge in [-0.15, -0.1) is 11.6 Å². The van der Waals surface area contributed by atoms with Crippen LogP contribution in [0.3, 0.4) is 0 Å². The Balaban J connectivity index is 1.96. The Kier molecular flexibility index (Phi) is 4.57. The summed E-state index contributed by atoms with van der Waals surface area (Å²) in [6.07, 6.45) is 3.28. The minimum Gasteiger partial charge on any atom is -0.351 e. The van der Waals surface area contributed by atoms with Gasteiger partial charge in [-0.3, -0.25) is 4.79 Å². The Bertz CT molecular complexity index is 460. The highest BCUT2D eigenvalue weighted by atomic mass is 79.9. The maximum atomic E-state index is 12.0. The number of hydrogen-bond acceptors (Lipinski definition) is 1. The third kappa shape index (κ3) is 3.40. The third-order valence-corrected chi connectivity index (χ3v) is 4.46. The molecular formula is C13H14BrCl2NO. The first-order valence-corrected chi connectivity index (χ1v) is 7.56. The van der Waals surface area contributed by atoms with Crippen molar-refractivity contribution in [2.45, 2.75) is 19.3 Å². The molecule has 1 saturated carbocycles. The minimum absolute atomic E-state index is 0.0700. The number of halogens is 3. The lowest BCUT2D eigenvalue weighted by atomic mass is 10.0. The number of amides is 1. The summed E-state index contributed by atoms with van der Waals surface area (Å²) in [6, 6.07) is 5.16. The fourth-order valence-corrected chi connectivity index (χ4v) is 3.19. The van der Waals surface area contributed by atoms with Gasteiger partial charge in [0.25, 0.3) is 5.91 Å². The number of rotatable bonds is 5. The van der Waals surface area contributed by atoms with E-state index in [0.717, 1.165) is 23.7 Å². The van der Waals surface area contributed by atoms with Crippen LogP contribution in [0, 0.1) is 5.41 Å². The van der Waals surface area contributed by atoms with Gasteiger partial charge in [-0.1, -0.05) is 11.6 Å². The largest absolute Gasteiger partial charge is 0.351 e. The highest BCUT2D eigenvalue weighted by Gasteiger charge is 2.41. The Morgan fingerprint density at radius 3 is 2.72 bits per heavy atom. The quantitative estimate of drug-likeness (QED) is 0.790. The molecule has 1 aromatic carbocycles. The molecular weight excluding hydrogens is 337 g/mol. The highest BCUT2D eigenvalue weighted by Crippen LogP contribution is 2.48. The molecule has 98 valence electrons. The predicted octanol–water partition coefficient (Wildman–Crippen LogP) is 4.24. The number of carbonyl (C=O) groups is 1. The lowest BCUT2D eigenvalue weighted by Crippen LogP contribution is -2.30. The van der Waals surface area contributed by atoms with E-state index in [4.69, 9.17) is 23.2 Å². The average Bonchev–Trinajstić information content (AvgIpc) is 3.07. The second-order valence-electron chi connectivity index (χ2n) is 4.75. The fraction of sp³-hybridized carbons (Fsp3) is 0.462. The van der Waals surface area contributed by atoms with Gasteiger partial charge in [0.2, 0.25) is 0 Å². The van der Waals surface area contributed by atoms with Crippen LogP contribution in [-0.4, -0.2) is 18.3 Å². The number of alkyl halides is 1. The topological polar surface area (TPSA) is 29.1 Å². The maximum Gasteiger partial charge on any atom is 0.252 e. The van der Waals surface area contributed by atoms with Crippen molar-refractivity contribution in [3.8, 4) is 0 Å². The van der Waals surface area contributed by atoms with E-state index in [0.29, 0.717) is 23.0 Å². The molecule has 0 aromatic heterocycles. The first-order valence-electron chi connectivity index (χ1n) is 5.86. The second kappa shape index (κ2) is 5.81. The predicted molar refractivity (Wildman–Crippen MR) is 78.5 cm³/mol. The summed E-state index contributed by atoms with van der Waals surface area (Å²) >= 11 is 15.0. The summed E-state index contributed by atoms with van der Waals surface area (Å²) < 4.78 is 0.717. The molecule has 0 heterocycles. The summed E-state index contributed by atoms with van der Waals surface area (Å²) in [5.41, 5.74) is 0.858. The Labute approximate surface area is 125 Å². The van der Waals surface area contributed by atoms with Gasteiger partial charge in [-0.2, -0.15) is 0 Å². The zero-order chi connectivity index (χ0) is 13.2. The monoisotopic (exact) mass is 349 g/mol. The van der Waals surface area contributed by atoms with E-state index in [9.17, 15) is 4.79 Å². The lowest BCUT2D eigenvalue weighted by molar-refractivity contribution is 0.0943. The molecule has 18 heavy (non-hydrogen) atoms. The fourth-order valence-electron chi connectivity index (χ4n) is 1.93. The Hall–Kier alpha value is -0.250. The molecule has 0 bridgehead atoms. The number of benzene rings is 1. The molecule has 2 rings (SSSR count). The number of carbonyl (C=O) groups excluding carboxylic acids is 1. The van der Waals surface area contributed by atoms with Gasteiger partial charge in [-0.25, -0.2) is 0 Å². The first-order chi connectivity index (χ1) is 8.56. The van der Waals surface area contributed by atoms with Crippen molar-refractivity contribution in [3.05, 3.63) is 33.3 Å². The average molecular weight is 351 g/mol. The molecule has 1 amide bonds. The van der Waals surface area contributed by atoms with Crippen LogP contribution in [0.15, 0.2) is 22.7 Å². The molecule has 1 aliphatic carbocycles. The van der Waals surface area contributed by atoms with E-state index < -0.39 is 0 Å². The molecule has 0 spiro atoms. The van der Waals surface area contributed by atoms with E-state index >= 15 is 0 Å². The van der Waals surface area contributed by atoms with Crippen molar-refractivity contribution in [1.82, 2.24) is 5.32 Å². The first kappa shape index (κ1) is 14.2. The molecule has 1 N–H and O–H groups in total. The third-order valence-electron chi connectivity index (χ3n) is 3.38. The molecule has 0 saturated heterocycles. The van der Waals surface area contributed by atoms with Crippen molar-refractivity contribution >= 4 is 45.0 Å². The number of nitrogens with one attached hydrogen (secondary N) is 1. The van der Waals surface area contributed by atoms with Gasteiger partial charge in [0.05, 0.1) is 5.56 Å². The number of hydrogen-bond donors (Lipinski definition) is 1. The van der Waals surface area contributed by atoms with Crippen LogP contribution in [0.25, 0.3) is 0 Å². The zero-order valence-corrected chi connectivity index (χ0v) is 12.9. The Morgan fingerprint density at radius 2 is 2.17 bits per heavy atom. The van der Waals surface area contributed by atoms with E-state index in [1.165, 1.54) is 0 Å². The van der Waals surface area contributed by atoms with E-state index in [1.807, 2.05) is 0 Å². The van der Waals surface area contributed by atoms with E-state index in [2.05, 4.69) is 21.2 Å². The normalized spacial score (nSPS) is 16.4. The molecule has 2 nitrogen and oxygen atoms in total. The van der Waals surface area contributed by atoms with Crippen LogP contribution >= 0.6 is 39.1 Å². The second-order valence-corrected chi connectivity index (χ2v) is 6.41. The van der Waals surface area contributed by atoms with Crippen molar-refractivity contribution < 1.29 is 4.79 Å². The van der Waals surface area contributed by atoms with Crippen molar-refractivity contribution in [1.29, 1.82) is 0 Å². The van der Waals surface area contributed by atoms with Gasteiger partial charge in [0.1, 0.15) is 0 Å². The molecule has 1 aromatic rings. The standard InChI is InChI=1S/C13H14BrCl2NO/c14-11-7-9(16)1-2-10(11)12(18)17-8-13(3-4-13)5-6-15/h1-2,7H,3-6,8H2,(H,17,18). The minimum atomic E-state index is -0.0700. The summed E-state index contributed by atoms with van der Waals surface area (Å²) in [7, 11) is 0. The molecule has 0 atom stereocenters. The van der Waals surface area contributed by atoms with Crippen LogP contribution < -0.4 is 5.32 Å². The molecule has 1 fully saturated rings. The van der Waals surface area contributed by atoms with E-state index in [1.54, 1.807) is 18.2 Å². The Morgan fingerprint density at radius 1 is 1.44 bits per heavy atom. The molecule has 0 unspecified atom stereocenters. The molecule has 1 aliphatic rings. The van der Waals surface area contributed by atoms with Crippen LogP contribution in [0.4, 0.5) is 0 Å². The van der Waals surface area contributed by atoms with Gasteiger partial charge >= 0.3 is 0 Å². The van der Waals surface area contributed by atoms with Crippen molar-refractivity contribution in [2.75, 3.05) is 12.4 Å². The molecule has 5 heteroatoms. The molecule has 0 radical (unpaired) electrons. The zero-order valence-electron chi connectivity index (χ0n) is 9.81. The van der Waals surface area contributed by atoms with Crippen molar-refractivity contribution in [3.63, 3.8) is 0 Å².